The molecule has 1 N–H and O–H groups in total. The Kier molecular flexibility index (Phi) is 4.78. The molecule has 0 bridgehead atoms. The van der Waals surface area contributed by atoms with Gasteiger partial charge in [-0.2, -0.15) is 0 Å². The lowest BCUT2D eigenvalue weighted by molar-refractivity contribution is 0.601. The van der Waals surface area contributed by atoms with Crippen LogP contribution in [0.4, 0.5) is 11.4 Å². The number of anilines is 2. The monoisotopic (exact) mass is 358 g/mol. The van der Waals surface area contributed by atoms with Crippen LogP contribution in [0.5, 0.6) is 0 Å². The molecule has 0 radical (unpaired) electrons. The first-order chi connectivity index (χ1) is 11.8. The zero-order valence-electron chi connectivity index (χ0n) is 15.4. The van der Waals surface area contributed by atoms with E-state index in [4.69, 9.17) is 0 Å². The van der Waals surface area contributed by atoms with Crippen LogP contribution in [-0.2, 0) is 10.0 Å². The van der Waals surface area contributed by atoms with Crippen molar-refractivity contribution in [1.29, 1.82) is 0 Å². The fourth-order valence-electron chi connectivity index (χ4n) is 3.67. The summed E-state index contributed by atoms with van der Waals surface area (Å²) < 4.78 is 28.4. The van der Waals surface area contributed by atoms with E-state index in [1.165, 1.54) is 24.1 Å². The fourth-order valence-corrected chi connectivity index (χ4v) is 4.87. The van der Waals surface area contributed by atoms with Gasteiger partial charge in [0.2, 0.25) is 0 Å². The Hall–Kier alpha value is -2.01. The van der Waals surface area contributed by atoms with E-state index < -0.39 is 10.0 Å². The average Bonchev–Trinajstić information content (AvgIpc) is 3.06. The highest BCUT2D eigenvalue weighted by molar-refractivity contribution is 7.92. The van der Waals surface area contributed by atoms with Crippen molar-refractivity contribution in [2.45, 2.75) is 45.4 Å². The Morgan fingerprint density at radius 1 is 0.920 bits per heavy atom. The lowest BCUT2D eigenvalue weighted by Gasteiger charge is -2.26. The maximum atomic E-state index is 12.8. The van der Waals surface area contributed by atoms with Gasteiger partial charge in [-0.25, -0.2) is 8.42 Å². The Morgan fingerprint density at radius 3 is 2.12 bits per heavy atom. The maximum Gasteiger partial charge on any atom is 0.261 e. The number of hydrogen-bond donors (Lipinski definition) is 1. The number of nitrogens with zero attached hydrogens (tertiary/aromatic N) is 1. The van der Waals surface area contributed by atoms with Crippen LogP contribution in [0.15, 0.2) is 35.2 Å². The molecule has 1 aliphatic rings. The molecule has 0 aromatic heterocycles. The van der Waals surface area contributed by atoms with E-state index in [9.17, 15) is 8.42 Å². The number of sulfonamides is 1. The van der Waals surface area contributed by atoms with Gasteiger partial charge in [0.15, 0.2) is 0 Å². The second-order valence-electron chi connectivity index (χ2n) is 6.97. The molecule has 134 valence electrons. The molecule has 0 unspecified atom stereocenters. The highest BCUT2D eigenvalue weighted by atomic mass is 32.2. The van der Waals surface area contributed by atoms with Crippen molar-refractivity contribution in [3.8, 4) is 0 Å². The van der Waals surface area contributed by atoms with Gasteiger partial charge in [-0.05, 0) is 69.4 Å². The molecule has 5 heteroatoms. The summed E-state index contributed by atoms with van der Waals surface area (Å²) >= 11 is 0. The summed E-state index contributed by atoms with van der Waals surface area (Å²) in [4.78, 5) is 2.66. The topological polar surface area (TPSA) is 49.4 Å². The Balaban J connectivity index is 2.02. The number of benzene rings is 2. The molecule has 1 saturated heterocycles. The first-order valence-corrected chi connectivity index (χ1v) is 10.2. The highest BCUT2D eigenvalue weighted by Gasteiger charge is 2.22. The van der Waals surface area contributed by atoms with E-state index in [0.29, 0.717) is 10.6 Å². The van der Waals surface area contributed by atoms with E-state index in [1.807, 2.05) is 32.9 Å². The average molecular weight is 359 g/mol. The van der Waals surface area contributed by atoms with Gasteiger partial charge in [-0.15, -0.1) is 0 Å². The quantitative estimate of drug-likeness (QED) is 0.885. The third-order valence-electron chi connectivity index (χ3n) is 4.92. The Morgan fingerprint density at radius 2 is 1.52 bits per heavy atom. The van der Waals surface area contributed by atoms with E-state index in [1.54, 1.807) is 12.1 Å². The minimum atomic E-state index is -3.60. The van der Waals surface area contributed by atoms with Crippen LogP contribution in [0.3, 0.4) is 0 Å². The molecule has 2 aromatic rings. The lowest BCUT2D eigenvalue weighted by atomic mass is 10.0. The third-order valence-corrected chi connectivity index (χ3v) is 6.29. The van der Waals surface area contributed by atoms with E-state index in [2.05, 4.69) is 22.6 Å². The Labute approximate surface area is 150 Å². The van der Waals surface area contributed by atoms with Gasteiger partial charge in [0.25, 0.3) is 10.0 Å². The van der Waals surface area contributed by atoms with Crippen molar-refractivity contribution >= 4 is 21.4 Å². The predicted molar refractivity (Wildman–Crippen MR) is 104 cm³/mol. The predicted octanol–water partition coefficient (Wildman–Crippen LogP) is 4.32. The summed E-state index contributed by atoms with van der Waals surface area (Å²) in [7, 11) is -3.60. The lowest BCUT2D eigenvalue weighted by Crippen LogP contribution is -2.22. The minimum Gasteiger partial charge on any atom is -0.371 e. The first-order valence-electron chi connectivity index (χ1n) is 8.75. The van der Waals surface area contributed by atoms with Gasteiger partial charge in [0.05, 0.1) is 10.6 Å². The third kappa shape index (κ3) is 3.52. The Bertz CT molecular complexity index is 881. The molecule has 4 nitrogen and oxygen atoms in total. The van der Waals surface area contributed by atoms with E-state index in [0.717, 1.165) is 29.8 Å². The zero-order chi connectivity index (χ0) is 18.2. The molecule has 3 rings (SSSR count). The zero-order valence-corrected chi connectivity index (χ0v) is 16.2. The van der Waals surface area contributed by atoms with Gasteiger partial charge in [-0.1, -0.05) is 23.8 Å². The number of nitrogens with one attached hydrogen (secondary N) is 1. The normalized spacial score (nSPS) is 14.8. The molecule has 1 aliphatic heterocycles. The molecular weight excluding hydrogens is 332 g/mol. The summed E-state index contributed by atoms with van der Waals surface area (Å²) in [5.74, 6) is 0. The van der Waals surface area contributed by atoms with Crippen LogP contribution >= 0.6 is 0 Å². The van der Waals surface area contributed by atoms with Crippen molar-refractivity contribution < 1.29 is 8.42 Å². The summed E-state index contributed by atoms with van der Waals surface area (Å²) in [5, 5.41) is 0. The molecule has 0 amide bonds. The second kappa shape index (κ2) is 6.71. The molecule has 1 heterocycles. The highest BCUT2D eigenvalue weighted by Crippen LogP contribution is 2.36. The van der Waals surface area contributed by atoms with Gasteiger partial charge in [0.1, 0.15) is 0 Å². The summed E-state index contributed by atoms with van der Waals surface area (Å²) in [6.45, 7) is 10.1. The van der Waals surface area contributed by atoms with E-state index in [-0.39, 0.29) is 0 Å². The maximum absolute atomic E-state index is 12.8. The fraction of sp³-hybridized carbons (Fsp3) is 0.400. The smallest absolute Gasteiger partial charge is 0.261 e. The van der Waals surface area contributed by atoms with Crippen LogP contribution in [-0.4, -0.2) is 21.5 Å². The van der Waals surface area contributed by atoms with Crippen molar-refractivity contribution in [2.75, 3.05) is 22.7 Å². The van der Waals surface area contributed by atoms with Gasteiger partial charge in [0, 0.05) is 18.8 Å². The van der Waals surface area contributed by atoms with Gasteiger partial charge >= 0.3 is 0 Å². The largest absolute Gasteiger partial charge is 0.371 e. The van der Waals surface area contributed by atoms with Crippen molar-refractivity contribution in [2.24, 2.45) is 0 Å². The second-order valence-corrected chi connectivity index (χ2v) is 8.65. The number of hydrogen-bond acceptors (Lipinski definition) is 3. The molecule has 0 atom stereocenters. The molecule has 0 spiro atoms. The summed E-state index contributed by atoms with van der Waals surface area (Å²) in [5.41, 5.74) is 6.08. The van der Waals surface area contributed by atoms with Crippen molar-refractivity contribution in [3.63, 3.8) is 0 Å². The van der Waals surface area contributed by atoms with Crippen molar-refractivity contribution in [1.82, 2.24) is 0 Å². The van der Waals surface area contributed by atoms with Gasteiger partial charge in [-0.3, -0.25) is 4.72 Å². The first kappa shape index (κ1) is 17.8. The SMILES string of the molecule is Cc1ccc(S(=O)(=O)Nc2c(C)cc(C)c(N3CCCC3)c2C)cc1. The molecule has 0 saturated carbocycles. The van der Waals surface area contributed by atoms with Crippen molar-refractivity contribution in [3.05, 3.63) is 52.6 Å². The van der Waals surface area contributed by atoms with E-state index >= 15 is 0 Å². The molecule has 25 heavy (non-hydrogen) atoms. The van der Waals surface area contributed by atoms with Crippen LogP contribution in [0.25, 0.3) is 0 Å². The standard InChI is InChI=1S/C20H26N2O2S/c1-14-7-9-18(10-8-14)25(23,24)21-19-15(2)13-16(3)20(17(19)4)22-11-5-6-12-22/h7-10,13,21H,5-6,11-12H2,1-4H3. The number of aryl methyl sites for hydroxylation is 3. The molecular formula is C20H26N2O2S. The number of rotatable bonds is 4. The van der Waals surface area contributed by atoms with Crippen LogP contribution < -0.4 is 9.62 Å². The van der Waals surface area contributed by atoms with Gasteiger partial charge < -0.3 is 4.90 Å². The van der Waals surface area contributed by atoms with Crippen LogP contribution in [0.2, 0.25) is 0 Å². The summed E-state index contributed by atoms with van der Waals surface area (Å²) in [6.07, 6.45) is 2.38. The molecule has 0 aliphatic carbocycles. The van der Waals surface area contributed by atoms with Crippen LogP contribution in [0, 0.1) is 27.7 Å². The summed E-state index contributed by atoms with van der Waals surface area (Å²) in [6, 6.07) is 9.02. The molecule has 1 fully saturated rings. The molecule has 2 aromatic carbocycles. The minimum absolute atomic E-state index is 0.292. The van der Waals surface area contributed by atoms with Crippen LogP contribution in [0.1, 0.15) is 35.1 Å².